The van der Waals surface area contributed by atoms with Crippen LogP contribution in [0.15, 0.2) is 24.3 Å². The van der Waals surface area contributed by atoms with Crippen molar-refractivity contribution in [2.45, 2.75) is 6.42 Å². The Bertz CT molecular complexity index is 891. The fraction of sp³-hybridized carbons (Fsp3) is 0.500. The summed E-state index contributed by atoms with van der Waals surface area (Å²) in [6.45, 7) is 7.00. The van der Waals surface area contributed by atoms with E-state index in [1.807, 2.05) is 24.3 Å². The number of nitrogens with zero attached hydrogens (tertiary/aromatic N) is 7. The number of hydrogen-bond acceptors (Lipinski definition) is 9. The monoisotopic (exact) mass is 428 g/mol. The van der Waals surface area contributed by atoms with Crippen LogP contribution in [0.4, 0.5) is 23.5 Å². The minimum atomic E-state index is 0.474. The zero-order chi connectivity index (χ0) is 20.8. The lowest BCUT2D eigenvalue weighted by Gasteiger charge is -2.35. The molecule has 2 aromatic rings. The molecule has 4 rings (SSSR count). The molecule has 0 atom stereocenters. The SMILES string of the molecule is N#CCCN1CCN(c2nc(Nc3ccccc3Cl)nc(N3CCOCC3)n2)CC1. The van der Waals surface area contributed by atoms with Crippen LogP contribution in [0.25, 0.3) is 0 Å². The smallest absolute Gasteiger partial charge is 0.233 e. The number of para-hydroxylation sites is 1. The van der Waals surface area contributed by atoms with E-state index in [1.54, 1.807) is 0 Å². The van der Waals surface area contributed by atoms with Gasteiger partial charge in [-0.05, 0) is 12.1 Å². The Morgan fingerprint density at radius 1 is 0.967 bits per heavy atom. The van der Waals surface area contributed by atoms with Gasteiger partial charge in [0.1, 0.15) is 0 Å². The molecule has 2 fully saturated rings. The number of anilines is 4. The van der Waals surface area contributed by atoms with Gasteiger partial charge in [0.05, 0.1) is 30.0 Å². The molecule has 0 radical (unpaired) electrons. The summed E-state index contributed by atoms with van der Waals surface area (Å²) in [5.74, 6) is 1.77. The second-order valence-corrected chi connectivity index (χ2v) is 7.61. The highest BCUT2D eigenvalue weighted by atomic mass is 35.5. The number of nitriles is 1. The standard InChI is InChI=1S/C20H25ClN8O/c21-16-4-1-2-5-17(16)23-18-24-19(26-20(25-18)29-12-14-30-15-13-29)28-10-8-27(9-11-28)7-3-6-22/h1-2,4-5H,3,7-15H2,(H,23,24,25,26). The van der Waals surface area contributed by atoms with Crippen LogP contribution in [0.1, 0.15) is 6.42 Å². The predicted octanol–water partition coefficient (Wildman–Crippen LogP) is 2.14. The van der Waals surface area contributed by atoms with Crippen LogP contribution < -0.4 is 15.1 Å². The fourth-order valence-corrected chi connectivity index (χ4v) is 3.70. The first-order valence-corrected chi connectivity index (χ1v) is 10.6. The number of halogens is 1. The minimum absolute atomic E-state index is 0.474. The van der Waals surface area contributed by atoms with Crippen LogP contribution in [-0.4, -0.2) is 78.9 Å². The van der Waals surface area contributed by atoms with Crippen molar-refractivity contribution in [3.05, 3.63) is 29.3 Å². The van der Waals surface area contributed by atoms with E-state index in [2.05, 4.69) is 36.1 Å². The average molecular weight is 429 g/mol. The van der Waals surface area contributed by atoms with Crippen LogP contribution in [0, 0.1) is 11.3 Å². The van der Waals surface area contributed by atoms with Gasteiger partial charge in [-0.2, -0.15) is 20.2 Å². The third-order valence-corrected chi connectivity index (χ3v) is 5.55. The summed E-state index contributed by atoms with van der Waals surface area (Å²) >= 11 is 6.31. The van der Waals surface area contributed by atoms with Crippen LogP contribution >= 0.6 is 11.6 Å². The first-order chi connectivity index (χ1) is 14.7. The molecule has 30 heavy (non-hydrogen) atoms. The van der Waals surface area contributed by atoms with Gasteiger partial charge in [0, 0.05) is 52.2 Å². The quantitative estimate of drug-likeness (QED) is 0.742. The van der Waals surface area contributed by atoms with Crippen LogP contribution in [0.5, 0.6) is 0 Å². The topological polar surface area (TPSA) is 93.4 Å². The zero-order valence-electron chi connectivity index (χ0n) is 16.8. The average Bonchev–Trinajstić information content (AvgIpc) is 2.80. The van der Waals surface area contributed by atoms with Crippen molar-refractivity contribution in [2.75, 3.05) is 74.1 Å². The van der Waals surface area contributed by atoms with Gasteiger partial charge in [-0.1, -0.05) is 23.7 Å². The molecule has 1 aromatic heterocycles. The number of morpholine rings is 1. The van der Waals surface area contributed by atoms with Gasteiger partial charge < -0.3 is 19.9 Å². The van der Waals surface area contributed by atoms with Crippen molar-refractivity contribution in [2.24, 2.45) is 0 Å². The molecule has 1 N–H and O–H groups in total. The molecule has 2 aliphatic heterocycles. The number of ether oxygens (including phenoxy) is 1. The highest BCUT2D eigenvalue weighted by Gasteiger charge is 2.23. The number of nitrogens with one attached hydrogen (secondary N) is 1. The first kappa shape index (κ1) is 20.6. The molecule has 0 spiro atoms. The lowest BCUT2D eigenvalue weighted by atomic mass is 10.3. The Labute approximate surface area is 181 Å². The summed E-state index contributed by atoms with van der Waals surface area (Å²) in [5.41, 5.74) is 0.755. The third kappa shape index (κ3) is 5.08. The summed E-state index contributed by atoms with van der Waals surface area (Å²) in [4.78, 5) is 20.7. The molecule has 0 unspecified atom stereocenters. The summed E-state index contributed by atoms with van der Waals surface area (Å²) in [6.07, 6.45) is 0.554. The second-order valence-electron chi connectivity index (χ2n) is 7.20. The number of hydrogen-bond donors (Lipinski definition) is 1. The van der Waals surface area contributed by atoms with Gasteiger partial charge in [0.2, 0.25) is 17.8 Å². The van der Waals surface area contributed by atoms with Gasteiger partial charge in [-0.15, -0.1) is 0 Å². The summed E-state index contributed by atoms with van der Waals surface area (Å²) < 4.78 is 5.47. The van der Waals surface area contributed by atoms with Crippen LogP contribution in [0.3, 0.4) is 0 Å². The molecule has 158 valence electrons. The van der Waals surface area contributed by atoms with Crippen molar-refractivity contribution in [3.63, 3.8) is 0 Å². The lowest BCUT2D eigenvalue weighted by molar-refractivity contribution is 0.122. The maximum Gasteiger partial charge on any atom is 0.233 e. The number of aromatic nitrogens is 3. The van der Waals surface area contributed by atoms with Gasteiger partial charge in [0.15, 0.2) is 0 Å². The molecule has 3 heterocycles. The molecule has 9 nitrogen and oxygen atoms in total. The lowest BCUT2D eigenvalue weighted by Crippen LogP contribution is -2.47. The highest BCUT2D eigenvalue weighted by Crippen LogP contribution is 2.25. The fourth-order valence-electron chi connectivity index (χ4n) is 3.52. The molecular formula is C20H25ClN8O. The molecule has 2 saturated heterocycles. The molecule has 1 aromatic carbocycles. The molecule has 0 saturated carbocycles. The number of benzene rings is 1. The van der Waals surface area contributed by atoms with Crippen molar-refractivity contribution in [1.82, 2.24) is 19.9 Å². The van der Waals surface area contributed by atoms with E-state index in [-0.39, 0.29) is 0 Å². The Kier molecular flexibility index (Phi) is 6.79. The van der Waals surface area contributed by atoms with Gasteiger partial charge >= 0.3 is 0 Å². The third-order valence-electron chi connectivity index (χ3n) is 5.22. The van der Waals surface area contributed by atoms with Crippen molar-refractivity contribution >= 4 is 35.1 Å². The van der Waals surface area contributed by atoms with Crippen LogP contribution in [0.2, 0.25) is 5.02 Å². The minimum Gasteiger partial charge on any atom is -0.378 e. The van der Waals surface area contributed by atoms with Gasteiger partial charge in [-0.3, -0.25) is 4.90 Å². The van der Waals surface area contributed by atoms with Crippen molar-refractivity contribution < 1.29 is 4.74 Å². The number of rotatable bonds is 6. The highest BCUT2D eigenvalue weighted by molar-refractivity contribution is 6.33. The van der Waals surface area contributed by atoms with E-state index in [4.69, 9.17) is 26.6 Å². The molecule has 0 bridgehead atoms. The Hall–Kier alpha value is -2.67. The van der Waals surface area contributed by atoms with Crippen molar-refractivity contribution in [3.8, 4) is 6.07 Å². The second kappa shape index (κ2) is 9.89. The van der Waals surface area contributed by atoms with Gasteiger partial charge in [0.25, 0.3) is 0 Å². The maximum atomic E-state index is 8.81. The van der Waals surface area contributed by atoms with Gasteiger partial charge in [-0.25, -0.2) is 0 Å². The molecule has 2 aliphatic rings. The molecule has 10 heteroatoms. The maximum absolute atomic E-state index is 8.81. The van der Waals surface area contributed by atoms with E-state index in [0.29, 0.717) is 42.5 Å². The zero-order valence-corrected chi connectivity index (χ0v) is 17.6. The van der Waals surface area contributed by atoms with E-state index in [1.165, 1.54) is 0 Å². The first-order valence-electron chi connectivity index (χ1n) is 10.2. The molecule has 0 aliphatic carbocycles. The Morgan fingerprint density at radius 2 is 1.63 bits per heavy atom. The Morgan fingerprint density at radius 3 is 2.30 bits per heavy atom. The molecular weight excluding hydrogens is 404 g/mol. The van der Waals surface area contributed by atoms with E-state index >= 15 is 0 Å². The van der Waals surface area contributed by atoms with Crippen LogP contribution in [-0.2, 0) is 4.74 Å². The number of piperazine rings is 1. The van der Waals surface area contributed by atoms with E-state index in [0.717, 1.165) is 51.5 Å². The predicted molar refractivity (Wildman–Crippen MR) is 116 cm³/mol. The summed E-state index contributed by atoms with van der Waals surface area (Å²) in [5, 5.41) is 12.7. The van der Waals surface area contributed by atoms with E-state index < -0.39 is 0 Å². The summed E-state index contributed by atoms with van der Waals surface area (Å²) in [7, 11) is 0. The van der Waals surface area contributed by atoms with Crippen molar-refractivity contribution in [1.29, 1.82) is 5.26 Å². The normalized spacial score (nSPS) is 17.6. The summed E-state index contributed by atoms with van der Waals surface area (Å²) in [6, 6.07) is 9.74. The Balaban J connectivity index is 1.56. The molecule has 0 amide bonds. The van der Waals surface area contributed by atoms with E-state index in [9.17, 15) is 0 Å². The largest absolute Gasteiger partial charge is 0.378 e.